The Morgan fingerprint density at radius 2 is 0.871 bits per heavy atom. The van der Waals surface area contributed by atoms with Crippen molar-refractivity contribution >= 4 is 40.2 Å². The van der Waals surface area contributed by atoms with Crippen molar-refractivity contribution in [3.8, 4) is 0 Å². The molecule has 0 nitrogen and oxygen atoms in total. The Kier molecular flexibility index (Phi) is 7.35. The van der Waals surface area contributed by atoms with E-state index in [9.17, 15) is 13.2 Å². The summed E-state index contributed by atoms with van der Waals surface area (Å²) in [4.78, 5) is 0. The molecule has 0 amide bonds. The first kappa shape index (κ1) is 23.2. The molecule has 0 spiro atoms. The van der Waals surface area contributed by atoms with Crippen LogP contribution in [0.4, 0.5) is 13.2 Å². The zero-order valence-electron chi connectivity index (χ0n) is 16.7. The molecule has 0 aromatic heterocycles. The van der Waals surface area contributed by atoms with Crippen LogP contribution < -0.4 is 15.9 Å². The van der Waals surface area contributed by atoms with E-state index >= 15 is 0 Å². The quantitative estimate of drug-likeness (QED) is 0.273. The molecule has 0 aliphatic carbocycles. The summed E-state index contributed by atoms with van der Waals surface area (Å²) in [6.45, 7) is 0. The fourth-order valence-electron chi connectivity index (χ4n) is 4.21. The second kappa shape index (κ2) is 9.80. The van der Waals surface area contributed by atoms with Crippen molar-refractivity contribution in [1.29, 1.82) is 0 Å². The molecular formula is C26H23BrF3P. The van der Waals surface area contributed by atoms with E-state index in [1.54, 1.807) is 12.1 Å². The fourth-order valence-corrected chi connectivity index (χ4v) is 8.99. The Bertz CT molecular complexity index is 1000. The average Bonchev–Trinajstić information content (AvgIpc) is 2.79. The van der Waals surface area contributed by atoms with Crippen molar-refractivity contribution in [2.45, 2.75) is 12.3 Å². The minimum absolute atomic E-state index is 0. The van der Waals surface area contributed by atoms with Crippen molar-refractivity contribution in [3.63, 3.8) is 0 Å². The van der Waals surface area contributed by atoms with Crippen molar-refractivity contribution in [2.75, 3.05) is 0 Å². The summed E-state index contributed by atoms with van der Waals surface area (Å²) in [5.74, 6) is 0. The van der Waals surface area contributed by atoms with Crippen LogP contribution in [0.25, 0.3) is 0 Å². The molecule has 4 rings (SSSR count). The SMILES string of the molecule is Br.FC(F)(F)c1ccccc1C[PH](c1ccccc1)(c1ccccc1)c1ccccc1. The van der Waals surface area contributed by atoms with Gasteiger partial charge in [0.2, 0.25) is 0 Å². The minimum atomic E-state index is -4.39. The maximum absolute atomic E-state index is 13.8. The summed E-state index contributed by atoms with van der Waals surface area (Å²) in [7, 11) is -2.77. The van der Waals surface area contributed by atoms with E-state index in [2.05, 4.69) is 36.4 Å². The van der Waals surface area contributed by atoms with E-state index in [0.717, 1.165) is 15.9 Å². The normalized spacial score (nSPS) is 12.1. The summed E-state index contributed by atoms with van der Waals surface area (Å²) >= 11 is 0. The monoisotopic (exact) mass is 502 g/mol. The molecule has 0 atom stereocenters. The molecular weight excluding hydrogens is 480 g/mol. The van der Waals surface area contributed by atoms with Crippen molar-refractivity contribution in [3.05, 3.63) is 126 Å². The Hall–Kier alpha value is -2.42. The molecule has 0 radical (unpaired) electrons. The van der Waals surface area contributed by atoms with Gasteiger partial charge in [-0.15, -0.1) is 17.0 Å². The van der Waals surface area contributed by atoms with Crippen molar-refractivity contribution < 1.29 is 13.2 Å². The van der Waals surface area contributed by atoms with E-state index in [1.165, 1.54) is 12.1 Å². The number of hydrogen-bond donors (Lipinski definition) is 0. The standard InChI is InChI=1S/C26H22F3P.BrH/c27-26(28,29)25-19-11-10-12-21(25)20-30(22-13-4-1-5-14-22,23-15-6-2-7-16-23)24-17-8-3-9-18-24;/h1-19,30H,20H2;1H. The van der Waals surface area contributed by atoms with Crippen LogP contribution in [0.5, 0.6) is 0 Å². The van der Waals surface area contributed by atoms with Gasteiger partial charge >= 0.3 is 175 Å². The summed E-state index contributed by atoms with van der Waals surface area (Å²) in [5.41, 5.74) is -0.210. The van der Waals surface area contributed by atoms with Crippen LogP contribution in [0, 0.1) is 0 Å². The van der Waals surface area contributed by atoms with Gasteiger partial charge in [-0.05, 0) is 0 Å². The Labute approximate surface area is 191 Å². The van der Waals surface area contributed by atoms with Crippen LogP contribution >= 0.6 is 24.2 Å². The average molecular weight is 503 g/mol. The van der Waals surface area contributed by atoms with Gasteiger partial charge in [0.25, 0.3) is 0 Å². The first-order valence-corrected chi connectivity index (χ1v) is 12.0. The number of alkyl halides is 3. The zero-order chi connectivity index (χ0) is 21.0. The Morgan fingerprint density at radius 3 is 1.26 bits per heavy atom. The summed E-state index contributed by atoms with van der Waals surface area (Å²) in [6.07, 6.45) is -4.05. The van der Waals surface area contributed by atoms with Gasteiger partial charge < -0.3 is 0 Å². The first-order valence-electron chi connectivity index (χ1n) is 9.83. The molecule has 4 aromatic rings. The number of hydrogen-bond acceptors (Lipinski definition) is 0. The first-order chi connectivity index (χ1) is 14.5. The maximum atomic E-state index is 13.8. The molecule has 0 aliphatic rings. The van der Waals surface area contributed by atoms with Crippen LogP contribution in [0.1, 0.15) is 11.1 Å². The second-order valence-electron chi connectivity index (χ2n) is 7.34. The van der Waals surface area contributed by atoms with E-state index in [4.69, 9.17) is 0 Å². The molecule has 0 N–H and O–H groups in total. The topological polar surface area (TPSA) is 0 Å². The van der Waals surface area contributed by atoms with Gasteiger partial charge in [0.1, 0.15) is 0 Å². The molecule has 160 valence electrons. The van der Waals surface area contributed by atoms with Crippen LogP contribution in [0.2, 0.25) is 0 Å². The third-order valence-electron chi connectivity index (χ3n) is 5.58. The number of benzene rings is 4. The molecule has 0 heterocycles. The van der Waals surface area contributed by atoms with Gasteiger partial charge in [0.15, 0.2) is 0 Å². The third-order valence-corrected chi connectivity index (χ3v) is 10.4. The molecule has 0 fully saturated rings. The van der Waals surface area contributed by atoms with Crippen molar-refractivity contribution in [2.24, 2.45) is 0 Å². The molecule has 4 aromatic carbocycles. The number of rotatable bonds is 5. The van der Waals surface area contributed by atoms with Crippen LogP contribution in [-0.4, -0.2) is 0 Å². The summed E-state index contributed by atoms with van der Waals surface area (Å²) in [6, 6.07) is 36.0. The van der Waals surface area contributed by atoms with Crippen LogP contribution in [0.3, 0.4) is 0 Å². The second-order valence-corrected chi connectivity index (χ2v) is 11.2. The predicted molar refractivity (Wildman–Crippen MR) is 132 cm³/mol. The van der Waals surface area contributed by atoms with Gasteiger partial charge in [0.05, 0.1) is 0 Å². The van der Waals surface area contributed by atoms with Crippen molar-refractivity contribution in [1.82, 2.24) is 0 Å². The summed E-state index contributed by atoms with van der Waals surface area (Å²) in [5, 5.41) is 3.29. The molecule has 0 bridgehead atoms. The van der Waals surface area contributed by atoms with E-state index in [1.807, 2.05) is 54.6 Å². The van der Waals surface area contributed by atoms with Gasteiger partial charge in [-0.2, -0.15) is 0 Å². The molecule has 0 aliphatic heterocycles. The van der Waals surface area contributed by atoms with Gasteiger partial charge in [-0.1, -0.05) is 0 Å². The Balaban J connectivity index is 0.00000272. The Morgan fingerprint density at radius 1 is 0.516 bits per heavy atom. The predicted octanol–water partition coefficient (Wildman–Crippen LogP) is 6.51. The third kappa shape index (κ3) is 4.76. The van der Waals surface area contributed by atoms with Gasteiger partial charge in [-0.25, -0.2) is 0 Å². The molecule has 5 heteroatoms. The number of halogens is 4. The fraction of sp³-hybridized carbons (Fsp3) is 0.0769. The molecule has 31 heavy (non-hydrogen) atoms. The molecule has 0 saturated carbocycles. The van der Waals surface area contributed by atoms with Gasteiger partial charge in [-0.3, -0.25) is 0 Å². The van der Waals surface area contributed by atoms with E-state index in [0.29, 0.717) is 11.7 Å². The molecule has 0 saturated heterocycles. The molecule has 0 unspecified atom stereocenters. The van der Waals surface area contributed by atoms with Crippen LogP contribution in [-0.2, 0) is 12.3 Å². The summed E-state index contributed by atoms with van der Waals surface area (Å²) < 4.78 is 41.5. The zero-order valence-corrected chi connectivity index (χ0v) is 19.4. The van der Waals surface area contributed by atoms with Gasteiger partial charge in [0, 0.05) is 0 Å². The van der Waals surface area contributed by atoms with E-state index in [-0.39, 0.29) is 17.0 Å². The van der Waals surface area contributed by atoms with E-state index < -0.39 is 19.0 Å². The van der Waals surface area contributed by atoms with Crippen LogP contribution in [0.15, 0.2) is 115 Å².